The van der Waals surface area contributed by atoms with Crippen molar-refractivity contribution in [2.75, 3.05) is 5.32 Å². The molecule has 0 radical (unpaired) electrons. The Morgan fingerprint density at radius 1 is 1.15 bits per heavy atom. The van der Waals surface area contributed by atoms with Gasteiger partial charge in [0.05, 0.1) is 5.69 Å². The highest BCUT2D eigenvalue weighted by molar-refractivity contribution is 6.30. The van der Waals surface area contributed by atoms with Crippen molar-refractivity contribution in [1.29, 1.82) is 0 Å². The van der Waals surface area contributed by atoms with Crippen molar-refractivity contribution >= 4 is 29.0 Å². The Hall–Kier alpha value is -3.53. The van der Waals surface area contributed by atoms with Crippen LogP contribution in [0.5, 0.6) is 0 Å². The van der Waals surface area contributed by atoms with E-state index in [-0.39, 0.29) is 29.5 Å². The first kappa shape index (κ1) is 21.3. The monoisotopic (exact) mass is 472 g/mol. The number of carbonyl (C=O) groups is 1. The molecule has 3 aromatic heterocycles. The van der Waals surface area contributed by atoms with E-state index in [9.17, 15) is 18.0 Å². The lowest BCUT2D eigenvalue weighted by molar-refractivity contribution is -0.134. The Bertz CT molecular complexity index is 1390. The molecule has 1 aromatic carbocycles. The number of aromatic nitrogens is 5. The van der Waals surface area contributed by atoms with Crippen LogP contribution < -0.4 is 5.32 Å². The van der Waals surface area contributed by atoms with E-state index in [0.717, 1.165) is 5.56 Å². The van der Waals surface area contributed by atoms with Crippen molar-refractivity contribution in [2.24, 2.45) is 0 Å². The number of carbonyl (C=O) groups excluding carboxylic acids is 1. The molecule has 5 rings (SSSR count). The number of nitrogens with zero attached hydrogens (tertiary/aromatic N) is 5. The van der Waals surface area contributed by atoms with Crippen molar-refractivity contribution in [3.8, 4) is 11.5 Å². The van der Waals surface area contributed by atoms with Crippen LogP contribution in [0.1, 0.15) is 30.2 Å². The zero-order valence-corrected chi connectivity index (χ0v) is 17.9. The van der Waals surface area contributed by atoms with Gasteiger partial charge in [0.2, 0.25) is 5.91 Å². The van der Waals surface area contributed by atoms with Gasteiger partial charge in [0, 0.05) is 48.2 Å². The molecule has 33 heavy (non-hydrogen) atoms. The zero-order chi connectivity index (χ0) is 23.4. The van der Waals surface area contributed by atoms with E-state index >= 15 is 0 Å². The zero-order valence-electron chi connectivity index (χ0n) is 17.2. The van der Waals surface area contributed by atoms with Crippen LogP contribution in [-0.2, 0) is 16.6 Å². The second kappa shape index (κ2) is 7.51. The third-order valence-electron chi connectivity index (χ3n) is 5.75. The number of fused-ring (bicyclic) bond motifs is 2. The Labute approximate surface area is 190 Å². The highest BCUT2D eigenvalue weighted by Crippen LogP contribution is 2.42. The van der Waals surface area contributed by atoms with E-state index in [4.69, 9.17) is 11.6 Å². The van der Waals surface area contributed by atoms with Crippen LogP contribution in [0.15, 0.2) is 49.1 Å². The van der Waals surface area contributed by atoms with Crippen molar-refractivity contribution in [1.82, 2.24) is 24.3 Å². The number of nitrogens with one attached hydrogen (secondary N) is 1. The summed E-state index contributed by atoms with van der Waals surface area (Å²) in [7, 11) is 0. The minimum Gasteiger partial charge on any atom is -0.309 e. The minimum absolute atomic E-state index is 0.179. The van der Waals surface area contributed by atoms with Crippen LogP contribution in [0, 0.1) is 0 Å². The highest BCUT2D eigenvalue weighted by atomic mass is 35.5. The fourth-order valence-corrected chi connectivity index (χ4v) is 4.05. The standard InChI is InChI=1S/C22H16ClF3N6O/c1-21(12-2-4-13(23)5-3-12)14-10-28-18(30-17(14)31-20(21)33)16-11-32-9-8-27-19(32)15(29-16)6-7-22(24,25)26/h2-5,8-11H,6-7H2,1H3,(H,28,30,31,33). The number of anilines is 1. The van der Waals surface area contributed by atoms with E-state index in [2.05, 4.69) is 25.3 Å². The molecule has 0 saturated carbocycles. The average Bonchev–Trinajstić information content (AvgIpc) is 3.34. The maximum atomic E-state index is 12.9. The van der Waals surface area contributed by atoms with Gasteiger partial charge in [-0.15, -0.1) is 0 Å². The molecule has 0 fully saturated rings. The van der Waals surface area contributed by atoms with E-state index in [1.807, 2.05) is 0 Å². The van der Waals surface area contributed by atoms with Crippen LogP contribution >= 0.6 is 11.6 Å². The molecule has 168 valence electrons. The predicted molar refractivity (Wildman–Crippen MR) is 115 cm³/mol. The number of alkyl halides is 3. The van der Waals surface area contributed by atoms with Crippen LogP contribution in [0.25, 0.3) is 17.2 Å². The summed E-state index contributed by atoms with van der Waals surface area (Å²) in [6.07, 6.45) is 0.571. The average molecular weight is 473 g/mol. The van der Waals surface area contributed by atoms with Gasteiger partial charge in [-0.2, -0.15) is 13.2 Å². The molecule has 0 saturated heterocycles. The lowest BCUT2D eigenvalue weighted by atomic mass is 9.78. The molecule has 1 aliphatic rings. The second-order valence-corrected chi connectivity index (χ2v) is 8.32. The summed E-state index contributed by atoms with van der Waals surface area (Å²) in [5.74, 6) is 0.236. The molecule has 0 spiro atoms. The number of imidazole rings is 1. The molecule has 4 aromatic rings. The third-order valence-corrected chi connectivity index (χ3v) is 6.00. The Kier molecular flexibility index (Phi) is 4.86. The number of hydrogen-bond donors (Lipinski definition) is 1. The van der Waals surface area contributed by atoms with Gasteiger partial charge >= 0.3 is 6.18 Å². The largest absolute Gasteiger partial charge is 0.389 e. The molecule has 1 amide bonds. The van der Waals surface area contributed by atoms with Crippen molar-refractivity contribution < 1.29 is 18.0 Å². The van der Waals surface area contributed by atoms with Crippen molar-refractivity contribution in [2.45, 2.75) is 31.4 Å². The van der Waals surface area contributed by atoms with Gasteiger partial charge in [-0.05, 0) is 24.6 Å². The van der Waals surface area contributed by atoms with E-state index in [1.54, 1.807) is 54.2 Å². The van der Waals surface area contributed by atoms with Gasteiger partial charge in [-0.25, -0.2) is 19.9 Å². The molecule has 1 unspecified atom stereocenters. The molecule has 0 aliphatic carbocycles. The Morgan fingerprint density at radius 3 is 2.64 bits per heavy atom. The number of rotatable bonds is 4. The van der Waals surface area contributed by atoms with Crippen LogP contribution in [0.3, 0.4) is 0 Å². The van der Waals surface area contributed by atoms with Crippen LogP contribution in [0.2, 0.25) is 5.02 Å². The Morgan fingerprint density at radius 2 is 1.91 bits per heavy atom. The lowest BCUT2D eigenvalue weighted by Gasteiger charge is -2.22. The van der Waals surface area contributed by atoms with Gasteiger partial charge < -0.3 is 9.72 Å². The molecule has 0 bridgehead atoms. The fourth-order valence-electron chi connectivity index (χ4n) is 3.92. The SMILES string of the molecule is CC1(c2ccc(Cl)cc2)C(=O)Nc2nc(-c3cn4ccnc4c(CCC(F)(F)F)n3)ncc21. The summed E-state index contributed by atoms with van der Waals surface area (Å²) in [4.78, 5) is 30.2. The smallest absolute Gasteiger partial charge is 0.309 e. The number of hydrogen-bond acceptors (Lipinski definition) is 5. The van der Waals surface area contributed by atoms with E-state index < -0.39 is 18.0 Å². The van der Waals surface area contributed by atoms with E-state index in [1.165, 1.54) is 6.20 Å². The number of benzene rings is 1. The molecule has 1 N–H and O–H groups in total. The van der Waals surface area contributed by atoms with E-state index in [0.29, 0.717) is 22.1 Å². The van der Waals surface area contributed by atoms with Crippen LogP contribution in [0.4, 0.5) is 19.0 Å². The van der Waals surface area contributed by atoms with Gasteiger partial charge in [-0.1, -0.05) is 23.7 Å². The maximum Gasteiger partial charge on any atom is 0.389 e. The van der Waals surface area contributed by atoms with Gasteiger partial charge in [0.1, 0.15) is 16.9 Å². The number of halogens is 4. The summed E-state index contributed by atoms with van der Waals surface area (Å²) in [6, 6.07) is 6.95. The van der Waals surface area contributed by atoms with Gasteiger partial charge in [0.25, 0.3) is 0 Å². The highest BCUT2D eigenvalue weighted by Gasteiger charge is 2.45. The molecule has 1 atom stereocenters. The second-order valence-electron chi connectivity index (χ2n) is 7.89. The number of amides is 1. The van der Waals surface area contributed by atoms with Crippen molar-refractivity contribution in [3.05, 3.63) is 70.9 Å². The summed E-state index contributed by atoms with van der Waals surface area (Å²) in [5, 5.41) is 3.34. The number of aryl methyl sites for hydroxylation is 1. The quantitative estimate of drug-likeness (QED) is 0.469. The molecule has 4 heterocycles. The fraction of sp³-hybridized carbons (Fsp3) is 0.227. The predicted octanol–water partition coefficient (Wildman–Crippen LogP) is 4.59. The Balaban J connectivity index is 1.56. The molecular weight excluding hydrogens is 457 g/mol. The topological polar surface area (TPSA) is 85.1 Å². The maximum absolute atomic E-state index is 12.9. The summed E-state index contributed by atoms with van der Waals surface area (Å²) < 4.78 is 39.9. The first-order valence-electron chi connectivity index (χ1n) is 10.00. The third kappa shape index (κ3) is 3.70. The summed E-state index contributed by atoms with van der Waals surface area (Å²) >= 11 is 5.98. The molecular formula is C22H16ClF3N6O. The molecule has 7 nitrogen and oxygen atoms in total. The summed E-state index contributed by atoms with van der Waals surface area (Å²) in [5.41, 5.74) is 1.10. The first-order valence-corrected chi connectivity index (χ1v) is 10.4. The molecule has 11 heteroatoms. The van der Waals surface area contributed by atoms with Gasteiger partial charge in [0.15, 0.2) is 11.5 Å². The molecule has 1 aliphatic heterocycles. The normalized spacial score (nSPS) is 17.9. The van der Waals surface area contributed by atoms with Crippen LogP contribution in [-0.4, -0.2) is 36.4 Å². The minimum atomic E-state index is -4.32. The summed E-state index contributed by atoms with van der Waals surface area (Å²) in [6.45, 7) is 1.77. The van der Waals surface area contributed by atoms with Crippen molar-refractivity contribution in [3.63, 3.8) is 0 Å². The van der Waals surface area contributed by atoms with Gasteiger partial charge in [-0.3, -0.25) is 4.79 Å². The lowest BCUT2D eigenvalue weighted by Crippen LogP contribution is -2.32. The first-order chi connectivity index (χ1) is 15.6.